The van der Waals surface area contributed by atoms with Gasteiger partial charge in [0.15, 0.2) is 5.79 Å². The number of esters is 1. The molecule has 204 valence electrons. The number of hydrogen-bond donors (Lipinski definition) is 0. The van der Waals surface area contributed by atoms with Crippen molar-refractivity contribution in [1.29, 1.82) is 5.26 Å². The van der Waals surface area contributed by atoms with E-state index < -0.39 is 52.4 Å². The quantitative estimate of drug-likeness (QED) is 0.273. The number of rotatable bonds is 8. The molecule has 1 aliphatic heterocycles. The Balaban J connectivity index is 2.15. The van der Waals surface area contributed by atoms with Gasteiger partial charge in [0, 0.05) is 4.92 Å². The van der Waals surface area contributed by atoms with Crippen molar-refractivity contribution in [2.75, 3.05) is 20.2 Å². The van der Waals surface area contributed by atoms with Crippen molar-refractivity contribution >= 4 is 5.97 Å². The van der Waals surface area contributed by atoms with Crippen LogP contribution in [-0.2, 0) is 19.0 Å². The Morgan fingerprint density at radius 2 is 1.86 bits per heavy atom. The number of likely N-dealkylation sites (N-methyl/N-ethyl adjacent to an activating group) is 1. The average Bonchev–Trinajstić information content (AvgIpc) is 2.83. The zero-order valence-electron chi connectivity index (χ0n) is 22.9. The Kier molecular flexibility index (Phi) is 8.99. The van der Waals surface area contributed by atoms with Crippen LogP contribution >= 0.6 is 0 Å². The van der Waals surface area contributed by atoms with E-state index in [0.29, 0.717) is 0 Å². The number of hydrogen-bond acceptors (Lipinski definition) is 8. The summed E-state index contributed by atoms with van der Waals surface area (Å²) in [7, 11) is 1.68. The molecule has 1 heterocycles. The van der Waals surface area contributed by atoms with Crippen LogP contribution in [0.1, 0.15) is 78.4 Å². The molecule has 0 unspecified atom stereocenters. The molecule has 2 aliphatic rings. The maximum atomic E-state index is 14.0. The van der Waals surface area contributed by atoms with Crippen molar-refractivity contribution in [3.63, 3.8) is 0 Å². The van der Waals surface area contributed by atoms with Gasteiger partial charge in [0.1, 0.15) is 11.7 Å². The maximum Gasteiger partial charge on any atom is 0.342 e. The molecule has 1 saturated heterocycles. The van der Waals surface area contributed by atoms with E-state index in [9.17, 15) is 20.2 Å². The molecular weight excluding hydrogens is 474 g/mol. The van der Waals surface area contributed by atoms with Crippen LogP contribution in [0.4, 0.5) is 0 Å². The van der Waals surface area contributed by atoms with Crippen LogP contribution in [0.5, 0.6) is 0 Å². The summed E-state index contributed by atoms with van der Waals surface area (Å²) in [5.74, 6) is -2.67. The van der Waals surface area contributed by atoms with Gasteiger partial charge in [-0.25, -0.2) is 4.79 Å². The summed E-state index contributed by atoms with van der Waals surface area (Å²) in [6.45, 7) is 8.52. The first-order valence-electron chi connectivity index (χ1n) is 13.2. The van der Waals surface area contributed by atoms with E-state index in [1.165, 1.54) is 0 Å². The highest BCUT2D eigenvalue weighted by molar-refractivity contribution is 5.85. The number of nitriles is 1. The Morgan fingerprint density at radius 3 is 2.41 bits per heavy atom. The number of nitrogens with zero attached hydrogens (tertiary/aromatic N) is 3. The normalized spacial score (nSPS) is 25.0. The van der Waals surface area contributed by atoms with Gasteiger partial charge in [-0.2, -0.15) is 5.26 Å². The Labute approximate surface area is 220 Å². The fourth-order valence-electron chi connectivity index (χ4n) is 5.74. The average molecular weight is 516 g/mol. The van der Waals surface area contributed by atoms with E-state index >= 15 is 0 Å². The molecule has 0 aromatic heterocycles. The molecule has 4 atom stereocenters. The van der Waals surface area contributed by atoms with E-state index in [2.05, 4.69) is 6.07 Å². The van der Waals surface area contributed by atoms with E-state index in [1.807, 2.05) is 44.2 Å². The Hall–Kier alpha value is -2.54. The monoisotopic (exact) mass is 515 g/mol. The summed E-state index contributed by atoms with van der Waals surface area (Å²) < 4.78 is 18.2. The fraction of sp³-hybridized carbons (Fsp3) is 0.714. The van der Waals surface area contributed by atoms with Gasteiger partial charge < -0.3 is 14.2 Å². The largest absolute Gasteiger partial charge is 0.458 e. The third-order valence-electron chi connectivity index (χ3n) is 7.53. The van der Waals surface area contributed by atoms with Crippen LogP contribution in [0.3, 0.4) is 0 Å². The van der Waals surface area contributed by atoms with E-state index in [4.69, 9.17) is 14.2 Å². The highest BCUT2D eigenvalue weighted by Crippen LogP contribution is 2.44. The smallest absolute Gasteiger partial charge is 0.342 e. The van der Waals surface area contributed by atoms with Gasteiger partial charge >= 0.3 is 5.97 Å². The predicted molar refractivity (Wildman–Crippen MR) is 138 cm³/mol. The maximum absolute atomic E-state index is 14.0. The highest BCUT2D eigenvalue weighted by Gasteiger charge is 2.60. The second kappa shape index (κ2) is 11.5. The second-order valence-corrected chi connectivity index (χ2v) is 11.7. The van der Waals surface area contributed by atoms with E-state index in [0.717, 1.165) is 37.7 Å². The summed E-state index contributed by atoms with van der Waals surface area (Å²) in [6.07, 6.45) is 3.78. The van der Waals surface area contributed by atoms with Gasteiger partial charge in [0.05, 0.1) is 24.6 Å². The van der Waals surface area contributed by atoms with Crippen LogP contribution in [0, 0.1) is 33.3 Å². The lowest BCUT2D eigenvalue weighted by molar-refractivity contribution is -0.493. The molecule has 0 bridgehead atoms. The van der Waals surface area contributed by atoms with Crippen molar-refractivity contribution in [2.24, 2.45) is 11.8 Å². The molecule has 0 spiro atoms. The lowest BCUT2D eigenvalue weighted by atomic mass is 9.69. The minimum absolute atomic E-state index is 0.161. The number of ether oxygens (including phenoxy) is 3. The summed E-state index contributed by atoms with van der Waals surface area (Å²) in [5, 5.41) is 22.8. The minimum Gasteiger partial charge on any atom is -0.458 e. The standard InChI is InChI=1S/C28H41N3O6/c1-26(2,3)37-25(32)28(19-29,22(17-31(33)34)20-13-9-7-10-14-20)30(6)23-18-35-27(4,5)36-24(23)21-15-11-8-12-16-21/h8,11-12,15-16,20,22-24H,7,9-10,13-14,17-18H2,1-6H3/t22-,23+,24+,28-/m1/s1. The van der Waals surface area contributed by atoms with E-state index in [-0.39, 0.29) is 12.5 Å². The van der Waals surface area contributed by atoms with Crippen molar-refractivity contribution < 1.29 is 23.9 Å². The minimum atomic E-state index is -1.91. The van der Waals surface area contributed by atoms with Crippen molar-refractivity contribution in [3.05, 3.63) is 46.0 Å². The molecule has 0 N–H and O–H groups in total. The first-order valence-corrected chi connectivity index (χ1v) is 13.2. The number of nitro groups is 1. The third kappa shape index (κ3) is 6.67. The molecule has 1 aliphatic carbocycles. The summed E-state index contributed by atoms with van der Waals surface area (Å²) in [6, 6.07) is 11.3. The topological polar surface area (TPSA) is 115 Å². The Morgan fingerprint density at radius 1 is 1.24 bits per heavy atom. The second-order valence-electron chi connectivity index (χ2n) is 11.7. The molecule has 0 radical (unpaired) electrons. The summed E-state index contributed by atoms with van der Waals surface area (Å²) in [4.78, 5) is 27.3. The number of carbonyl (C=O) groups is 1. The SMILES string of the molecule is CN([C@H]1COC(C)(C)O[C@H]1c1ccccc1)[C@@](C#N)(C(=O)OC(C)(C)C)[C@H](C[N+](=O)[O-])C1CCCCC1. The fourth-order valence-corrected chi connectivity index (χ4v) is 5.74. The zero-order chi connectivity index (χ0) is 27.4. The molecule has 9 nitrogen and oxygen atoms in total. The first-order chi connectivity index (χ1) is 17.3. The van der Waals surface area contributed by atoms with Crippen molar-refractivity contribution in [3.8, 4) is 6.07 Å². The molecule has 1 aromatic rings. The van der Waals surface area contributed by atoms with Crippen LogP contribution in [0.15, 0.2) is 30.3 Å². The van der Waals surface area contributed by atoms with Crippen molar-refractivity contribution in [2.45, 2.75) is 95.8 Å². The highest BCUT2D eigenvalue weighted by atomic mass is 16.7. The van der Waals surface area contributed by atoms with E-state index in [1.54, 1.807) is 32.7 Å². The van der Waals surface area contributed by atoms with Gasteiger partial charge in [-0.1, -0.05) is 49.6 Å². The van der Waals surface area contributed by atoms with Gasteiger partial charge in [0.25, 0.3) is 0 Å². The van der Waals surface area contributed by atoms with Gasteiger partial charge in [0.2, 0.25) is 12.1 Å². The Bertz CT molecular complexity index is 980. The molecule has 2 fully saturated rings. The molecule has 0 amide bonds. The first kappa shape index (κ1) is 29.0. The predicted octanol–water partition coefficient (Wildman–Crippen LogP) is 4.89. The van der Waals surface area contributed by atoms with Crippen LogP contribution in [-0.4, -0.2) is 59.0 Å². The molecule has 1 saturated carbocycles. The van der Waals surface area contributed by atoms with Crippen LogP contribution in [0.2, 0.25) is 0 Å². The molecular formula is C28H41N3O6. The molecule has 3 rings (SSSR count). The van der Waals surface area contributed by atoms with Crippen molar-refractivity contribution in [1.82, 2.24) is 4.90 Å². The summed E-state index contributed by atoms with van der Waals surface area (Å²) >= 11 is 0. The van der Waals surface area contributed by atoms with Gasteiger partial charge in [-0.3, -0.25) is 15.0 Å². The number of carbonyl (C=O) groups excluding carboxylic acids is 1. The lowest BCUT2D eigenvalue weighted by Crippen LogP contribution is -2.67. The zero-order valence-corrected chi connectivity index (χ0v) is 22.9. The van der Waals surface area contributed by atoms with Crippen LogP contribution < -0.4 is 0 Å². The van der Waals surface area contributed by atoms with Crippen LogP contribution in [0.25, 0.3) is 0 Å². The molecule has 9 heteroatoms. The van der Waals surface area contributed by atoms with Gasteiger partial charge in [-0.15, -0.1) is 0 Å². The molecule has 37 heavy (non-hydrogen) atoms. The lowest BCUT2D eigenvalue weighted by Gasteiger charge is -2.50. The molecule has 1 aromatic carbocycles. The summed E-state index contributed by atoms with van der Waals surface area (Å²) in [5.41, 5.74) is -1.92. The van der Waals surface area contributed by atoms with Gasteiger partial charge in [-0.05, 0) is 66.0 Å². The third-order valence-corrected chi connectivity index (χ3v) is 7.53. The number of benzene rings is 1.